The number of anilines is 9. The number of rotatable bonds is 8. The van der Waals surface area contributed by atoms with E-state index in [1.807, 2.05) is 0 Å². The van der Waals surface area contributed by atoms with Crippen LogP contribution in [0.2, 0.25) is 0 Å². The Morgan fingerprint density at radius 2 is 0.902 bits per heavy atom. The Morgan fingerprint density at radius 3 is 1.57 bits per heavy atom. The first-order chi connectivity index (χ1) is 44.3. The van der Waals surface area contributed by atoms with Crippen molar-refractivity contribution in [2.45, 2.75) is 97.8 Å². The molecule has 0 unspecified atom stereocenters. The van der Waals surface area contributed by atoms with E-state index >= 15 is 0 Å². The van der Waals surface area contributed by atoms with Crippen molar-refractivity contribution in [3.8, 4) is 44.5 Å². The average Bonchev–Trinajstić information content (AvgIpc) is 0.768. The smallest absolute Gasteiger partial charge is 0.252 e. The van der Waals surface area contributed by atoms with Crippen LogP contribution in [0.5, 0.6) is 0 Å². The van der Waals surface area contributed by atoms with Gasteiger partial charge in [0.1, 0.15) is 11.2 Å². The predicted molar refractivity (Wildman–Crippen MR) is 392 cm³/mol. The highest BCUT2D eigenvalue weighted by Gasteiger charge is 2.46. The standard InChI is InChI=1S/C87H76BN3O/c1-84(2,3)59-36-42-62(43-37-59)89(63-44-38-60(39-45-63)85(4,5)6)65-46-47-74-78(52-65)91(77-54-73-71(53-70(77)56-25-16-13-17-26-56)67-27-18-20-31-72(67)87(73,10)11)80-51-61(86(7,8)9)50-79-82(80)88(74)75-49-58(55-23-14-12-15-24-55)35-48-76(75)90(79)64-40-33-57(34-41-64)66-29-22-30-69-68-28-19-21-32-81(68)92-83(66)69/h12-54H,1-11H3. The lowest BCUT2D eigenvalue weighted by atomic mass is 9.33. The van der Waals surface area contributed by atoms with Gasteiger partial charge < -0.3 is 19.1 Å². The zero-order valence-corrected chi connectivity index (χ0v) is 54.7. The van der Waals surface area contributed by atoms with E-state index in [-0.39, 0.29) is 28.4 Å². The van der Waals surface area contributed by atoms with Crippen molar-refractivity contribution in [3.05, 3.63) is 289 Å². The van der Waals surface area contributed by atoms with Gasteiger partial charge in [0.15, 0.2) is 0 Å². The molecule has 1 aliphatic carbocycles. The fourth-order valence-corrected chi connectivity index (χ4v) is 15.1. The van der Waals surface area contributed by atoms with Crippen molar-refractivity contribution < 1.29 is 4.42 Å². The van der Waals surface area contributed by atoms with Crippen molar-refractivity contribution in [1.82, 2.24) is 0 Å². The van der Waals surface area contributed by atoms with Crippen molar-refractivity contribution in [3.63, 3.8) is 0 Å². The summed E-state index contributed by atoms with van der Waals surface area (Å²) in [4.78, 5) is 7.74. The number of para-hydroxylation sites is 2. The average molecular weight is 1190 g/mol. The summed E-state index contributed by atoms with van der Waals surface area (Å²) in [6.45, 7) is 25.6. The van der Waals surface area contributed by atoms with Gasteiger partial charge in [0.05, 0.1) is 5.69 Å². The minimum atomic E-state index is -0.271. The molecule has 13 aromatic rings. The number of benzene rings is 12. The number of furan rings is 1. The highest BCUT2D eigenvalue weighted by molar-refractivity contribution is 7.00. The third-order valence-corrected chi connectivity index (χ3v) is 20.1. The minimum absolute atomic E-state index is 0.00839. The summed E-state index contributed by atoms with van der Waals surface area (Å²) >= 11 is 0. The van der Waals surface area contributed by atoms with Crippen LogP contribution in [-0.4, -0.2) is 6.71 Å². The first-order valence-corrected chi connectivity index (χ1v) is 32.8. The molecule has 0 saturated heterocycles. The fourth-order valence-electron chi connectivity index (χ4n) is 15.1. The number of hydrogen-bond donors (Lipinski definition) is 0. The minimum Gasteiger partial charge on any atom is -0.455 e. The van der Waals surface area contributed by atoms with Crippen LogP contribution in [0.25, 0.3) is 66.4 Å². The van der Waals surface area contributed by atoms with Crippen LogP contribution in [0, 0.1) is 0 Å². The van der Waals surface area contributed by atoms with Gasteiger partial charge in [-0.25, -0.2) is 0 Å². The molecular weight excluding hydrogens is 1110 g/mol. The van der Waals surface area contributed by atoms with Gasteiger partial charge in [-0.3, -0.25) is 0 Å². The molecule has 0 N–H and O–H groups in total. The predicted octanol–water partition coefficient (Wildman–Crippen LogP) is 22.3. The van der Waals surface area contributed by atoms with Crippen LogP contribution in [0.15, 0.2) is 265 Å². The largest absolute Gasteiger partial charge is 0.455 e. The lowest BCUT2D eigenvalue weighted by Crippen LogP contribution is -2.61. The van der Waals surface area contributed by atoms with Gasteiger partial charge in [-0.1, -0.05) is 252 Å². The molecule has 0 fully saturated rings. The third-order valence-electron chi connectivity index (χ3n) is 20.1. The second-order valence-corrected chi connectivity index (χ2v) is 29.4. The normalized spacial score (nSPS) is 13.8. The Morgan fingerprint density at radius 1 is 0.348 bits per heavy atom. The first kappa shape index (κ1) is 57.1. The number of hydrogen-bond acceptors (Lipinski definition) is 4. The Hall–Kier alpha value is -10.1. The maximum absolute atomic E-state index is 6.66. The van der Waals surface area contributed by atoms with Crippen LogP contribution < -0.4 is 31.1 Å². The van der Waals surface area contributed by atoms with Crippen LogP contribution in [0.4, 0.5) is 51.2 Å². The topological polar surface area (TPSA) is 22.9 Å². The molecule has 0 bridgehead atoms. The van der Waals surface area contributed by atoms with Crippen molar-refractivity contribution >= 4 is 96.2 Å². The first-order valence-electron chi connectivity index (χ1n) is 32.8. The molecule has 3 heterocycles. The van der Waals surface area contributed by atoms with Crippen molar-refractivity contribution in [2.75, 3.05) is 14.7 Å². The van der Waals surface area contributed by atoms with E-state index in [1.165, 1.54) is 89.0 Å². The van der Waals surface area contributed by atoms with Crippen LogP contribution in [0.1, 0.15) is 104 Å². The van der Waals surface area contributed by atoms with Crippen LogP contribution >= 0.6 is 0 Å². The molecule has 5 heteroatoms. The number of nitrogens with zero attached hydrogens (tertiary/aromatic N) is 3. The maximum Gasteiger partial charge on any atom is 0.252 e. The highest BCUT2D eigenvalue weighted by Crippen LogP contribution is 2.56. The Balaban J connectivity index is 0.992. The van der Waals surface area contributed by atoms with E-state index in [2.05, 4.69) is 352 Å². The van der Waals surface area contributed by atoms with Crippen LogP contribution in [-0.2, 0) is 21.7 Å². The molecule has 0 amide bonds. The van der Waals surface area contributed by atoms with Gasteiger partial charge in [0.25, 0.3) is 6.71 Å². The molecule has 448 valence electrons. The van der Waals surface area contributed by atoms with Crippen molar-refractivity contribution in [1.29, 1.82) is 0 Å². The van der Waals surface area contributed by atoms with Crippen molar-refractivity contribution in [2.24, 2.45) is 0 Å². The van der Waals surface area contributed by atoms with E-state index < -0.39 is 0 Å². The quantitative estimate of drug-likeness (QED) is 0.141. The van der Waals surface area contributed by atoms with E-state index in [9.17, 15) is 0 Å². The summed E-state index contributed by atoms with van der Waals surface area (Å²) < 4.78 is 6.66. The molecule has 0 saturated carbocycles. The zero-order valence-electron chi connectivity index (χ0n) is 54.7. The molecule has 3 aliphatic rings. The summed E-state index contributed by atoms with van der Waals surface area (Å²) in [5, 5.41) is 2.25. The number of fused-ring (bicyclic) bond motifs is 10. The molecule has 92 heavy (non-hydrogen) atoms. The van der Waals surface area contributed by atoms with Gasteiger partial charge in [-0.2, -0.15) is 0 Å². The molecule has 2 aliphatic heterocycles. The van der Waals surface area contributed by atoms with E-state index in [0.29, 0.717) is 0 Å². The second kappa shape index (κ2) is 21.0. The maximum atomic E-state index is 6.66. The summed E-state index contributed by atoms with van der Waals surface area (Å²) in [5.74, 6) is 0. The zero-order chi connectivity index (χ0) is 63.2. The fraction of sp³-hybridized carbons (Fsp3) is 0.172. The van der Waals surface area contributed by atoms with Gasteiger partial charge in [0.2, 0.25) is 0 Å². The third kappa shape index (κ3) is 9.25. The summed E-state index contributed by atoms with van der Waals surface area (Å²) in [6, 6.07) is 98.6. The molecule has 0 spiro atoms. The molecule has 0 radical (unpaired) electrons. The summed E-state index contributed by atoms with van der Waals surface area (Å²) in [6.07, 6.45) is 0. The Kier molecular flexibility index (Phi) is 13.0. The molecule has 0 atom stereocenters. The highest BCUT2D eigenvalue weighted by atomic mass is 16.3. The van der Waals surface area contributed by atoms with E-state index in [4.69, 9.17) is 4.42 Å². The van der Waals surface area contributed by atoms with Gasteiger partial charge >= 0.3 is 0 Å². The monoisotopic (exact) mass is 1190 g/mol. The van der Waals surface area contributed by atoms with Gasteiger partial charge in [0, 0.05) is 72.8 Å². The van der Waals surface area contributed by atoms with Gasteiger partial charge in [-0.05, 0) is 179 Å². The Bertz CT molecular complexity index is 5000. The molecule has 1 aromatic heterocycles. The second-order valence-electron chi connectivity index (χ2n) is 29.4. The summed E-state index contributed by atoms with van der Waals surface area (Å²) in [5.41, 5.74) is 31.3. The van der Waals surface area contributed by atoms with E-state index in [0.717, 1.165) is 72.9 Å². The lowest BCUT2D eigenvalue weighted by molar-refractivity contribution is 0.590. The lowest BCUT2D eigenvalue weighted by Gasteiger charge is -2.46. The molecule has 12 aromatic carbocycles. The Labute approximate surface area is 543 Å². The van der Waals surface area contributed by atoms with E-state index in [1.54, 1.807) is 0 Å². The molecule has 16 rings (SSSR count). The SMILES string of the molecule is CC(C)(C)c1ccc(N(c2ccc(C(C)(C)C)cc2)c2ccc3c(c2)N(c2cc4c(cc2-c2ccccc2)-c2ccccc2C4(C)C)c2cc(C(C)(C)C)cc4c2B3c2cc(-c3ccccc3)ccc2N4c2ccc(-c3cccc4c3oc3ccccc34)cc2)cc1. The molecular formula is C87H76BN3O. The molecule has 4 nitrogen and oxygen atoms in total. The van der Waals surface area contributed by atoms with Gasteiger partial charge in [-0.15, -0.1) is 0 Å². The van der Waals surface area contributed by atoms with Crippen LogP contribution in [0.3, 0.4) is 0 Å². The summed E-state index contributed by atoms with van der Waals surface area (Å²) in [7, 11) is 0.